The van der Waals surface area contributed by atoms with E-state index in [2.05, 4.69) is 4.72 Å². The molecule has 1 aromatic carbocycles. The van der Waals surface area contributed by atoms with Gasteiger partial charge in [0.1, 0.15) is 0 Å². The summed E-state index contributed by atoms with van der Waals surface area (Å²) in [6.45, 7) is 3.03. The Hall–Kier alpha value is -1.25. The number of benzene rings is 1. The van der Waals surface area contributed by atoms with Crippen LogP contribution in [0.15, 0.2) is 18.2 Å². The number of nitriles is 1. The van der Waals surface area contributed by atoms with Crippen molar-refractivity contribution in [3.8, 4) is 6.07 Å². The molecule has 0 aromatic heterocycles. The third-order valence-electron chi connectivity index (χ3n) is 2.17. The molecule has 6 heteroatoms. The first-order chi connectivity index (χ1) is 7.38. The molecule has 1 unspecified atom stereocenters. The number of nitrogens with one attached hydrogen (secondary N) is 1. The minimum atomic E-state index is -3.67. The average molecular weight is 259 g/mol. The second-order valence-corrected chi connectivity index (χ2v) is 5.74. The van der Waals surface area contributed by atoms with Gasteiger partial charge in [0.2, 0.25) is 10.0 Å². The Kier molecular flexibility index (Phi) is 3.79. The largest absolute Gasteiger partial charge is 0.282 e. The first kappa shape index (κ1) is 12.8. The summed E-state index contributed by atoms with van der Waals surface area (Å²) < 4.78 is 25.6. The van der Waals surface area contributed by atoms with Crippen LogP contribution < -0.4 is 4.72 Å². The Bertz CT molecular complexity index is 534. The van der Waals surface area contributed by atoms with Crippen LogP contribution in [0.2, 0.25) is 5.02 Å². The highest BCUT2D eigenvalue weighted by Crippen LogP contribution is 2.24. The molecule has 0 aliphatic heterocycles. The van der Waals surface area contributed by atoms with E-state index in [1.54, 1.807) is 31.2 Å². The van der Waals surface area contributed by atoms with E-state index in [4.69, 9.17) is 16.9 Å². The number of rotatable bonds is 3. The number of sulfonamides is 1. The number of hydrogen-bond acceptors (Lipinski definition) is 3. The third kappa shape index (κ3) is 2.65. The van der Waals surface area contributed by atoms with Gasteiger partial charge in [-0.1, -0.05) is 17.7 Å². The van der Waals surface area contributed by atoms with E-state index in [1.807, 2.05) is 0 Å². The Morgan fingerprint density at radius 2 is 2.12 bits per heavy atom. The van der Waals surface area contributed by atoms with Gasteiger partial charge in [-0.25, -0.2) is 8.42 Å². The Balaban J connectivity index is 3.08. The highest BCUT2D eigenvalue weighted by molar-refractivity contribution is 7.93. The van der Waals surface area contributed by atoms with E-state index in [1.165, 1.54) is 6.92 Å². The summed E-state index contributed by atoms with van der Waals surface area (Å²) in [6.07, 6.45) is 0. The maximum absolute atomic E-state index is 11.6. The van der Waals surface area contributed by atoms with Crippen molar-refractivity contribution in [3.63, 3.8) is 0 Å². The van der Waals surface area contributed by atoms with Crippen LogP contribution in [0, 0.1) is 18.3 Å². The summed E-state index contributed by atoms with van der Waals surface area (Å²) in [5, 5.41) is 7.95. The average Bonchev–Trinajstić information content (AvgIpc) is 2.23. The second-order valence-electron chi connectivity index (χ2n) is 3.33. The maximum Gasteiger partial charge on any atom is 0.248 e. The lowest BCUT2D eigenvalue weighted by atomic mass is 10.2. The molecule has 1 aromatic rings. The molecule has 0 saturated heterocycles. The molecule has 0 spiro atoms. The summed E-state index contributed by atoms with van der Waals surface area (Å²) in [7, 11) is -3.67. The molecule has 0 aliphatic rings. The van der Waals surface area contributed by atoms with Crippen molar-refractivity contribution >= 4 is 27.3 Å². The van der Waals surface area contributed by atoms with Gasteiger partial charge >= 0.3 is 0 Å². The van der Waals surface area contributed by atoms with Gasteiger partial charge in [0, 0.05) is 5.02 Å². The van der Waals surface area contributed by atoms with Crippen LogP contribution in [0.5, 0.6) is 0 Å². The lowest BCUT2D eigenvalue weighted by Crippen LogP contribution is -2.24. The standard InChI is InChI=1S/C10H11ClN2O2S/c1-7(6-12)16(14,15)13-10-5-3-4-9(11)8(10)2/h3-5,7,13H,1-2H3. The fourth-order valence-electron chi connectivity index (χ4n) is 1.03. The highest BCUT2D eigenvalue weighted by atomic mass is 35.5. The van der Waals surface area contributed by atoms with E-state index in [0.29, 0.717) is 16.3 Å². The van der Waals surface area contributed by atoms with Gasteiger partial charge < -0.3 is 0 Å². The minimum Gasteiger partial charge on any atom is -0.282 e. The summed E-state index contributed by atoms with van der Waals surface area (Å²) in [6, 6.07) is 6.59. The van der Waals surface area contributed by atoms with Crippen molar-refractivity contribution in [2.24, 2.45) is 0 Å². The summed E-state index contributed by atoms with van der Waals surface area (Å²) in [5.74, 6) is 0. The van der Waals surface area contributed by atoms with Crippen molar-refractivity contribution in [1.29, 1.82) is 5.26 Å². The topological polar surface area (TPSA) is 70.0 Å². The SMILES string of the molecule is Cc1c(Cl)cccc1NS(=O)(=O)C(C)C#N. The molecule has 0 heterocycles. The van der Waals surface area contributed by atoms with Crippen LogP contribution >= 0.6 is 11.6 Å². The van der Waals surface area contributed by atoms with Crippen molar-refractivity contribution in [3.05, 3.63) is 28.8 Å². The molecule has 0 aliphatic carbocycles. The van der Waals surface area contributed by atoms with E-state index in [0.717, 1.165) is 0 Å². The monoisotopic (exact) mass is 258 g/mol. The highest BCUT2D eigenvalue weighted by Gasteiger charge is 2.20. The predicted octanol–water partition coefficient (Wildman–Crippen LogP) is 2.30. The lowest BCUT2D eigenvalue weighted by molar-refractivity contribution is 0.597. The van der Waals surface area contributed by atoms with Gasteiger partial charge in [-0.05, 0) is 31.5 Å². The normalized spacial score (nSPS) is 12.9. The Morgan fingerprint density at radius 3 is 2.69 bits per heavy atom. The van der Waals surface area contributed by atoms with E-state index >= 15 is 0 Å². The van der Waals surface area contributed by atoms with Gasteiger partial charge in [-0.15, -0.1) is 0 Å². The zero-order valence-electron chi connectivity index (χ0n) is 8.86. The zero-order valence-corrected chi connectivity index (χ0v) is 10.4. The number of halogens is 1. The molecule has 0 fully saturated rings. The van der Waals surface area contributed by atoms with Crippen LogP contribution in [0.4, 0.5) is 5.69 Å². The van der Waals surface area contributed by atoms with E-state index in [9.17, 15) is 8.42 Å². The maximum atomic E-state index is 11.6. The molecule has 0 bridgehead atoms. The fraction of sp³-hybridized carbons (Fsp3) is 0.300. The van der Waals surface area contributed by atoms with Gasteiger partial charge in [-0.3, -0.25) is 4.72 Å². The van der Waals surface area contributed by atoms with Crippen molar-refractivity contribution in [2.75, 3.05) is 4.72 Å². The first-order valence-electron chi connectivity index (χ1n) is 4.55. The van der Waals surface area contributed by atoms with Crippen LogP contribution in [0.3, 0.4) is 0 Å². The molecule has 4 nitrogen and oxygen atoms in total. The molecule has 16 heavy (non-hydrogen) atoms. The molecular weight excluding hydrogens is 248 g/mol. The van der Waals surface area contributed by atoms with Crippen molar-refractivity contribution in [1.82, 2.24) is 0 Å². The smallest absolute Gasteiger partial charge is 0.248 e. The fourth-order valence-corrected chi connectivity index (χ4v) is 2.05. The second kappa shape index (κ2) is 4.73. The molecule has 0 radical (unpaired) electrons. The van der Waals surface area contributed by atoms with Gasteiger partial charge in [0.15, 0.2) is 5.25 Å². The Morgan fingerprint density at radius 1 is 1.50 bits per heavy atom. The number of hydrogen-bond donors (Lipinski definition) is 1. The molecule has 1 rings (SSSR count). The molecule has 1 N–H and O–H groups in total. The van der Waals surface area contributed by atoms with Crippen molar-refractivity contribution in [2.45, 2.75) is 19.1 Å². The Labute approximate surface area is 99.9 Å². The van der Waals surface area contributed by atoms with Crippen LogP contribution in [-0.2, 0) is 10.0 Å². The first-order valence-corrected chi connectivity index (χ1v) is 6.47. The lowest BCUT2D eigenvalue weighted by Gasteiger charge is -2.12. The summed E-state index contributed by atoms with van der Waals surface area (Å²) >= 11 is 5.86. The summed E-state index contributed by atoms with van der Waals surface area (Å²) in [5.41, 5.74) is 1.03. The predicted molar refractivity (Wildman–Crippen MR) is 63.8 cm³/mol. The van der Waals surface area contributed by atoms with E-state index in [-0.39, 0.29) is 0 Å². The third-order valence-corrected chi connectivity index (χ3v) is 4.12. The van der Waals surface area contributed by atoms with Gasteiger partial charge in [-0.2, -0.15) is 5.26 Å². The van der Waals surface area contributed by atoms with Crippen LogP contribution in [0.25, 0.3) is 0 Å². The van der Waals surface area contributed by atoms with Gasteiger partial charge in [0.25, 0.3) is 0 Å². The number of nitrogens with zero attached hydrogens (tertiary/aromatic N) is 1. The van der Waals surface area contributed by atoms with Crippen molar-refractivity contribution < 1.29 is 8.42 Å². The van der Waals surface area contributed by atoms with Crippen LogP contribution in [-0.4, -0.2) is 13.7 Å². The van der Waals surface area contributed by atoms with Crippen LogP contribution in [0.1, 0.15) is 12.5 Å². The molecule has 0 saturated carbocycles. The zero-order chi connectivity index (χ0) is 12.3. The molecule has 1 atom stereocenters. The molecular formula is C10H11ClN2O2S. The summed E-state index contributed by atoms with van der Waals surface area (Å²) in [4.78, 5) is 0. The quantitative estimate of drug-likeness (QED) is 0.904. The van der Waals surface area contributed by atoms with Gasteiger partial charge in [0.05, 0.1) is 11.8 Å². The molecule has 86 valence electrons. The number of anilines is 1. The molecule has 0 amide bonds. The minimum absolute atomic E-state index is 0.398. The van der Waals surface area contributed by atoms with E-state index < -0.39 is 15.3 Å².